The molecule has 0 saturated heterocycles. The molecule has 2 nitrogen and oxygen atoms in total. The van der Waals surface area contributed by atoms with Crippen LogP contribution >= 0.6 is 12.2 Å². The summed E-state index contributed by atoms with van der Waals surface area (Å²) in [5.74, 6) is 0. The number of nitrogens with zero attached hydrogens (tertiary/aromatic N) is 1. The molecule has 1 aliphatic heterocycles. The van der Waals surface area contributed by atoms with Gasteiger partial charge in [0, 0.05) is 19.2 Å². The van der Waals surface area contributed by atoms with Crippen LogP contribution < -0.4 is 4.90 Å². The molecule has 1 aromatic rings. The van der Waals surface area contributed by atoms with Crippen molar-refractivity contribution < 1.29 is 4.74 Å². The van der Waals surface area contributed by atoms with E-state index in [1.165, 1.54) is 11.3 Å². The second kappa shape index (κ2) is 3.96. The molecule has 74 valence electrons. The molecule has 2 rings (SSSR count). The molecule has 0 fully saturated rings. The average molecular weight is 207 g/mol. The summed E-state index contributed by atoms with van der Waals surface area (Å²) in [6.07, 6.45) is 1.11. The summed E-state index contributed by atoms with van der Waals surface area (Å²) in [6.45, 7) is 3.41. The van der Waals surface area contributed by atoms with Crippen molar-refractivity contribution in [3.8, 4) is 0 Å². The van der Waals surface area contributed by atoms with Gasteiger partial charge >= 0.3 is 0 Å². The van der Waals surface area contributed by atoms with E-state index in [9.17, 15) is 0 Å². The fourth-order valence-electron chi connectivity index (χ4n) is 1.71. The lowest BCUT2D eigenvalue weighted by Crippen LogP contribution is -2.24. The van der Waals surface area contributed by atoms with Gasteiger partial charge < -0.3 is 9.64 Å². The van der Waals surface area contributed by atoms with Crippen LogP contribution in [0.3, 0.4) is 0 Å². The Morgan fingerprint density at radius 3 is 3.07 bits per heavy atom. The average Bonchev–Trinajstić information content (AvgIpc) is 2.58. The Bertz CT molecular complexity index is 351. The number of thiocarbonyl (C=S) groups is 1. The monoisotopic (exact) mass is 207 g/mol. The van der Waals surface area contributed by atoms with E-state index in [-0.39, 0.29) is 0 Å². The Balaban J connectivity index is 2.07. The minimum absolute atomic E-state index is 0.576. The number of anilines is 1. The topological polar surface area (TPSA) is 12.5 Å². The van der Waals surface area contributed by atoms with Crippen molar-refractivity contribution >= 4 is 23.0 Å². The molecule has 0 N–H and O–H groups in total. The predicted molar refractivity (Wildman–Crippen MR) is 61.7 cm³/mol. The molecular formula is C11H13NOS. The van der Waals surface area contributed by atoms with E-state index >= 15 is 0 Å². The van der Waals surface area contributed by atoms with Gasteiger partial charge in [0.2, 0.25) is 0 Å². The number of ether oxygens (including phenoxy) is 1. The maximum Gasteiger partial charge on any atom is 0.162 e. The lowest BCUT2D eigenvalue weighted by atomic mass is 10.2. The lowest BCUT2D eigenvalue weighted by molar-refractivity contribution is 0.309. The summed E-state index contributed by atoms with van der Waals surface area (Å²) in [6, 6.07) is 8.43. The third-order valence-electron chi connectivity index (χ3n) is 2.41. The highest BCUT2D eigenvalue weighted by Gasteiger charge is 2.17. The third kappa shape index (κ3) is 1.87. The number of hydrogen-bond donors (Lipinski definition) is 0. The first kappa shape index (κ1) is 9.46. The highest BCUT2D eigenvalue weighted by molar-refractivity contribution is 7.80. The number of benzene rings is 1. The van der Waals surface area contributed by atoms with Crippen LogP contribution in [0.2, 0.25) is 0 Å². The van der Waals surface area contributed by atoms with Crippen molar-refractivity contribution in [1.29, 1.82) is 0 Å². The SMILES string of the molecule is CC(=S)OCN1CCc2ccccc21. The smallest absolute Gasteiger partial charge is 0.162 e. The van der Waals surface area contributed by atoms with Gasteiger partial charge in [-0.1, -0.05) is 18.2 Å². The molecule has 0 amide bonds. The van der Waals surface area contributed by atoms with Gasteiger partial charge in [0.25, 0.3) is 0 Å². The molecule has 0 bridgehead atoms. The zero-order chi connectivity index (χ0) is 9.97. The largest absolute Gasteiger partial charge is 0.467 e. The van der Waals surface area contributed by atoms with E-state index in [0.29, 0.717) is 11.8 Å². The van der Waals surface area contributed by atoms with Crippen LogP contribution in [0.15, 0.2) is 24.3 Å². The van der Waals surface area contributed by atoms with Gasteiger partial charge in [-0.25, -0.2) is 0 Å². The van der Waals surface area contributed by atoms with Crippen molar-refractivity contribution in [3.05, 3.63) is 29.8 Å². The highest BCUT2D eigenvalue weighted by atomic mass is 32.1. The zero-order valence-corrected chi connectivity index (χ0v) is 9.01. The molecule has 0 radical (unpaired) electrons. The summed E-state index contributed by atoms with van der Waals surface area (Å²) >= 11 is 4.88. The highest BCUT2D eigenvalue weighted by Crippen LogP contribution is 2.26. The van der Waals surface area contributed by atoms with Crippen LogP contribution in [0.4, 0.5) is 5.69 Å². The van der Waals surface area contributed by atoms with E-state index in [1.807, 2.05) is 0 Å². The summed E-state index contributed by atoms with van der Waals surface area (Å²) in [5.41, 5.74) is 2.68. The maximum absolute atomic E-state index is 5.34. The second-order valence-corrected chi connectivity index (χ2v) is 3.98. The van der Waals surface area contributed by atoms with Crippen molar-refractivity contribution in [2.75, 3.05) is 18.2 Å². The Morgan fingerprint density at radius 2 is 2.29 bits per heavy atom. The predicted octanol–water partition coefficient (Wildman–Crippen LogP) is 2.37. The van der Waals surface area contributed by atoms with Crippen molar-refractivity contribution in [2.24, 2.45) is 0 Å². The second-order valence-electron chi connectivity index (χ2n) is 3.41. The maximum atomic E-state index is 5.34. The molecule has 1 aromatic carbocycles. The Hall–Kier alpha value is -1.09. The minimum Gasteiger partial charge on any atom is -0.467 e. The van der Waals surface area contributed by atoms with Crippen LogP contribution in [0, 0.1) is 0 Å². The van der Waals surface area contributed by atoms with Gasteiger partial charge in [-0.2, -0.15) is 0 Å². The van der Waals surface area contributed by atoms with Gasteiger partial charge in [-0.15, -0.1) is 0 Å². The van der Waals surface area contributed by atoms with Gasteiger partial charge in [0.1, 0.15) is 0 Å². The van der Waals surface area contributed by atoms with Gasteiger partial charge in [-0.05, 0) is 30.3 Å². The van der Waals surface area contributed by atoms with Crippen LogP contribution in [0.5, 0.6) is 0 Å². The quantitative estimate of drug-likeness (QED) is 0.691. The summed E-state index contributed by atoms with van der Waals surface area (Å²) < 4.78 is 5.34. The minimum atomic E-state index is 0.576. The van der Waals surface area contributed by atoms with Crippen molar-refractivity contribution in [3.63, 3.8) is 0 Å². The molecule has 0 aromatic heterocycles. The molecule has 0 saturated carbocycles. The Morgan fingerprint density at radius 1 is 1.50 bits per heavy atom. The number of fused-ring (bicyclic) bond motifs is 1. The fraction of sp³-hybridized carbons (Fsp3) is 0.364. The molecule has 0 atom stereocenters. The first-order valence-corrected chi connectivity index (χ1v) is 5.14. The lowest BCUT2D eigenvalue weighted by Gasteiger charge is -2.18. The molecular weight excluding hydrogens is 194 g/mol. The number of rotatable bonds is 2. The van der Waals surface area contributed by atoms with Crippen molar-refractivity contribution in [1.82, 2.24) is 0 Å². The van der Waals surface area contributed by atoms with Gasteiger partial charge in [-0.3, -0.25) is 0 Å². The van der Waals surface area contributed by atoms with Crippen LogP contribution in [-0.2, 0) is 11.2 Å². The summed E-state index contributed by atoms with van der Waals surface area (Å²) in [5, 5.41) is 0.606. The summed E-state index contributed by atoms with van der Waals surface area (Å²) in [7, 11) is 0. The molecule has 0 unspecified atom stereocenters. The van der Waals surface area contributed by atoms with Crippen LogP contribution in [0.25, 0.3) is 0 Å². The molecule has 1 heterocycles. The van der Waals surface area contributed by atoms with Gasteiger partial charge in [0.15, 0.2) is 11.8 Å². The first-order valence-electron chi connectivity index (χ1n) is 4.73. The fourth-order valence-corrected chi connectivity index (χ4v) is 1.76. The Kier molecular flexibility index (Phi) is 2.68. The molecule has 14 heavy (non-hydrogen) atoms. The van der Waals surface area contributed by atoms with E-state index in [0.717, 1.165) is 13.0 Å². The van der Waals surface area contributed by atoms with Crippen LogP contribution in [0.1, 0.15) is 12.5 Å². The number of hydrogen-bond acceptors (Lipinski definition) is 3. The van der Waals surface area contributed by atoms with Crippen molar-refractivity contribution in [2.45, 2.75) is 13.3 Å². The standard InChI is InChI=1S/C11H13NOS/c1-9(14)13-8-12-7-6-10-4-2-3-5-11(10)12/h2-5H,6-8H2,1H3. The third-order valence-corrected chi connectivity index (χ3v) is 2.52. The summed E-state index contributed by atoms with van der Waals surface area (Å²) in [4.78, 5) is 2.21. The normalized spacial score (nSPS) is 13.9. The first-order chi connectivity index (χ1) is 6.77. The van der Waals surface area contributed by atoms with E-state index in [1.54, 1.807) is 6.92 Å². The van der Waals surface area contributed by atoms with E-state index < -0.39 is 0 Å². The molecule has 0 aliphatic carbocycles. The number of para-hydroxylation sites is 1. The molecule has 0 spiro atoms. The van der Waals surface area contributed by atoms with Gasteiger partial charge in [0.05, 0.1) is 0 Å². The molecule has 1 aliphatic rings. The van der Waals surface area contributed by atoms with E-state index in [4.69, 9.17) is 17.0 Å². The zero-order valence-electron chi connectivity index (χ0n) is 8.19. The Labute approximate surface area is 89.5 Å². The van der Waals surface area contributed by atoms with E-state index in [2.05, 4.69) is 29.2 Å². The molecule has 3 heteroatoms. The van der Waals surface area contributed by atoms with Crippen LogP contribution in [-0.4, -0.2) is 18.3 Å².